The van der Waals surface area contributed by atoms with Crippen LogP contribution in [0.4, 0.5) is 18.9 Å². The molecule has 5 nitrogen and oxygen atoms in total. The Balaban J connectivity index is 1.56. The fraction of sp³-hybridized carbons (Fsp3) is 0.364. The van der Waals surface area contributed by atoms with E-state index in [-0.39, 0.29) is 23.7 Å². The van der Waals surface area contributed by atoms with Crippen LogP contribution in [0.3, 0.4) is 0 Å². The van der Waals surface area contributed by atoms with Crippen LogP contribution < -0.4 is 4.72 Å². The highest BCUT2D eigenvalue weighted by molar-refractivity contribution is 8.16. The van der Waals surface area contributed by atoms with Crippen molar-refractivity contribution in [3.8, 4) is 0 Å². The summed E-state index contributed by atoms with van der Waals surface area (Å²) in [5.41, 5.74) is 1.44. The molecule has 224 valence electrons. The third-order valence-electron chi connectivity index (χ3n) is 7.55. The molecular weight excluding hydrogens is 561 g/mol. The number of hydrogen-bond donors (Lipinski definition) is 2. The fourth-order valence-electron chi connectivity index (χ4n) is 5.49. The number of pyridine rings is 1. The van der Waals surface area contributed by atoms with E-state index in [9.17, 15) is 23.1 Å². The van der Waals surface area contributed by atoms with Crippen molar-refractivity contribution < 1.29 is 27.8 Å². The van der Waals surface area contributed by atoms with E-state index in [2.05, 4.69) is 21.8 Å². The number of nitrogens with one attached hydrogen (secondary N) is 1. The third-order valence-corrected chi connectivity index (χ3v) is 9.16. The molecule has 2 heterocycles. The maximum Gasteiger partial charge on any atom is 0.417 e. The SMILES string of the molecule is C/C=S(/Nc1cccc(C(CC)C2=C(O)C[C@@](CCC)(CCc3ccccc3)OC2=O)c1)c1ccc(C(F)(F)F)cn1. The largest absolute Gasteiger partial charge is 0.512 e. The fourth-order valence-corrected chi connectivity index (χ4v) is 6.71. The Kier molecular flexibility index (Phi) is 10.1. The molecule has 3 aromatic rings. The first kappa shape index (κ1) is 31.3. The summed E-state index contributed by atoms with van der Waals surface area (Å²) < 4.78 is 48.5. The molecule has 0 spiro atoms. The summed E-state index contributed by atoms with van der Waals surface area (Å²) in [5.74, 6) is -0.792. The molecule has 2 N–H and O–H groups in total. The quantitative estimate of drug-likeness (QED) is 0.170. The summed E-state index contributed by atoms with van der Waals surface area (Å²) in [5, 5.41) is 13.6. The number of alkyl halides is 3. The maximum absolute atomic E-state index is 13.5. The number of rotatable bonds is 11. The Bertz CT molecular complexity index is 1440. The molecule has 0 amide bonds. The van der Waals surface area contributed by atoms with Crippen molar-refractivity contribution in [2.24, 2.45) is 0 Å². The molecule has 2 unspecified atom stereocenters. The highest BCUT2D eigenvalue weighted by Crippen LogP contribution is 2.42. The summed E-state index contributed by atoms with van der Waals surface area (Å²) in [6, 6.07) is 20.0. The van der Waals surface area contributed by atoms with Crippen molar-refractivity contribution in [2.75, 3.05) is 4.72 Å². The number of benzene rings is 2. The van der Waals surface area contributed by atoms with E-state index in [1.165, 1.54) is 6.07 Å². The number of hydrogen-bond acceptors (Lipinski definition) is 5. The van der Waals surface area contributed by atoms with Crippen LogP contribution >= 0.6 is 10.7 Å². The Hall–Kier alpha value is -3.59. The average molecular weight is 599 g/mol. The lowest BCUT2D eigenvalue weighted by molar-refractivity contribution is -0.161. The average Bonchev–Trinajstić information content (AvgIpc) is 2.97. The zero-order valence-corrected chi connectivity index (χ0v) is 24.9. The van der Waals surface area contributed by atoms with Crippen LogP contribution in [0.15, 0.2) is 89.3 Å². The van der Waals surface area contributed by atoms with Gasteiger partial charge in [-0.25, -0.2) is 9.78 Å². The van der Waals surface area contributed by atoms with E-state index in [0.29, 0.717) is 24.3 Å². The number of halogens is 3. The van der Waals surface area contributed by atoms with Crippen molar-refractivity contribution in [1.82, 2.24) is 4.98 Å². The predicted molar refractivity (Wildman–Crippen MR) is 163 cm³/mol. The molecule has 0 saturated heterocycles. The smallest absolute Gasteiger partial charge is 0.417 e. The molecule has 1 aromatic heterocycles. The van der Waals surface area contributed by atoms with Crippen LogP contribution in [0.2, 0.25) is 0 Å². The Morgan fingerprint density at radius 1 is 1.10 bits per heavy atom. The van der Waals surface area contributed by atoms with Crippen molar-refractivity contribution in [3.63, 3.8) is 0 Å². The standard InChI is InChI=1S/C33H37F3N2O3S/c1-4-18-32(19-17-23-11-8-7-9-12-23)21-28(39)30(31(40)41-32)27(5-2)24-13-10-14-26(20-24)38-42(6-3)29-16-15-25(22-37-29)33(34,35)36/h6-16,20,22,27,38-39H,4-5,17-19,21H2,1-3H3/t27?,32-,42?/m1/s1. The molecule has 3 atom stereocenters. The molecule has 4 rings (SSSR count). The predicted octanol–water partition coefficient (Wildman–Crippen LogP) is 9.00. The number of carbonyl (C=O) groups is 1. The van der Waals surface area contributed by atoms with E-state index in [4.69, 9.17) is 4.74 Å². The monoisotopic (exact) mass is 598 g/mol. The van der Waals surface area contributed by atoms with E-state index in [0.717, 1.165) is 41.9 Å². The molecule has 0 fully saturated rings. The molecule has 1 aliphatic heterocycles. The summed E-state index contributed by atoms with van der Waals surface area (Å²) in [4.78, 5) is 17.6. The van der Waals surface area contributed by atoms with Crippen molar-refractivity contribution in [1.29, 1.82) is 0 Å². The van der Waals surface area contributed by atoms with Gasteiger partial charge in [0.2, 0.25) is 0 Å². The summed E-state index contributed by atoms with van der Waals surface area (Å²) in [6.07, 6.45) is 0.0738. The van der Waals surface area contributed by atoms with Crippen molar-refractivity contribution in [3.05, 3.63) is 101 Å². The van der Waals surface area contributed by atoms with Crippen LogP contribution in [-0.4, -0.2) is 27.0 Å². The minimum atomic E-state index is -4.45. The van der Waals surface area contributed by atoms with Crippen molar-refractivity contribution >= 4 is 27.7 Å². The number of aromatic nitrogens is 1. The van der Waals surface area contributed by atoms with Gasteiger partial charge in [0.1, 0.15) is 16.4 Å². The van der Waals surface area contributed by atoms with Crippen LogP contribution in [0.5, 0.6) is 0 Å². The second-order valence-corrected chi connectivity index (χ2v) is 12.3. The van der Waals surface area contributed by atoms with Gasteiger partial charge in [-0.05, 0) is 84.0 Å². The van der Waals surface area contributed by atoms with Crippen LogP contribution in [0.1, 0.15) is 75.5 Å². The van der Waals surface area contributed by atoms with Crippen molar-refractivity contribution in [2.45, 2.75) is 82.0 Å². The lowest BCUT2D eigenvalue weighted by atomic mass is 9.80. The molecular formula is C33H37F3N2O3S. The zero-order chi connectivity index (χ0) is 30.3. The van der Waals surface area contributed by atoms with Gasteiger partial charge in [-0.1, -0.05) is 62.7 Å². The van der Waals surface area contributed by atoms with Gasteiger partial charge in [0.25, 0.3) is 0 Å². The van der Waals surface area contributed by atoms with Gasteiger partial charge in [-0.3, -0.25) is 0 Å². The molecule has 0 bridgehead atoms. The summed E-state index contributed by atoms with van der Waals surface area (Å²) >= 11 is 0. The number of anilines is 1. The first-order valence-corrected chi connectivity index (χ1v) is 15.5. The van der Waals surface area contributed by atoms with E-state index in [1.807, 2.05) is 68.6 Å². The molecule has 9 heteroatoms. The minimum Gasteiger partial charge on any atom is -0.512 e. The topological polar surface area (TPSA) is 71.4 Å². The van der Waals surface area contributed by atoms with Gasteiger partial charge in [-0.15, -0.1) is 0 Å². The lowest BCUT2D eigenvalue weighted by Gasteiger charge is -2.38. The summed E-state index contributed by atoms with van der Waals surface area (Å²) in [7, 11) is -0.761. The zero-order valence-electron chi connectivity index (χ0n) is 24.1. The number of aryl methyl sites for hydroxylation is 1. The molecule has 0 aliphatic carbocycles. The van der Waals surface area contributed by atoms with E-state index in [1.54, 1.807) is 0 Å². The Morgan fingerprint density at radius 3 is 2.45 bits per heavy atom. The molecule has 2 aromatic carbocycles. The van der Waals surface area contributed by atoms with Crippen LogP contribution in [0.25, 0.3) is 0 Å². The second kappa shape index (κ2) is 13.6. The van der Waals surface area contributed by atoms with Gasteiger partial charge in [0.15, 0.2) is 0 Å². The first-order chi connectivity index (χ1) is 20.1. The Labute approximate surface area is 247 Å². The van der Waals surface area contributed by atoms with Gasteiger partial charge in [0.05, 0.1) is 11.1 Å². The van der Waals surface area contributed by atoms with E-state index < -0.39 is 34.0 Å². The highest BCUT2D eigenvalue weighted by atomic mass is 32.2. The number of aliphatic hydroxyl groups is 1. The number of ether oxygens (including phenoxy) is 1. The molecule has 0 radical (unpaired) electrons. The lowest BCUT2D eigenvalue weighted by Crippen LogP contribution is -2.41. The minimum absolute atomic E-state index is 0.0774. The number of carbonyl (C=O) groups excluding carboxylic acids is 1. The van der Waals surface area contributed by atoms with Crippen LogP contribution in [-0.2, 0) is 22.1 Å². The van der Waals surface area contributed by atoms with Gasteiger partial charge in [0, 0.05) is 24.2 Å². The molecule has 42 heavy (non-hydrogen) atoms. The Morgan fingerprint density at radius 2 is 1.86 bits per heavy atom. The number of esters is 1. The number of nitrogens with zero attached hydrogens (tertiary/aromatic N) is 1. The number of aliphatic hydroxyl groups excluding tert-OH is 1. The maximum atomic E-state index is 13.5. The number of cyclic esters (lactones) is 1. The molecule has 1 aliphatic rings. The van der Waals surface area contributed by atoms with Gasteiger partial charge >= 0.3 is 12.1 Å². The first-order valence-electron chi connectivity index (χ1n) is 14.2. The molecule has 0 saturated carbocycles. The highest BCUT2D eigenvalue weighted by Gasteiger charge is 2.43. The van der Waals surface area contributed by atoms with Gasteiger partial charge in [-0.2, -0.15) is 13.2 Å². The van der Waals surface area contributed by atoms with Crippen LogP contribution in [0, 0.1) is 0 Å². The third kappa shape index (κ3) is 7.43. The summed E-state index contributed by atoms with van der Waals surface area (Å²) in [6.45, 7) is 5.82. The van der Waals surface area contributed by atoms with E-state index >= 15 is 0 Å². The second-order valence-electron chi connectivity index (χ2n) is 10.5. The van der Waals surface area contributed by atoms with Gasteiger partial charge < -0.3 is 14.6 Å². The normalized spacial score (nSPS) is 19.0.